The minimum absolute atomic E-state index is 0.0344. The second-order valence-electron chi connectivity index (χ2n) is 7.72. The molecule has 8 heteroatoms. The summed E-state index contributed by atoms with van der Waals surface area (Å²) in [6, 6.07) is 5.69. The number of anilines is 1. The van der Waals surface area contributed by atoms with Crippen molar-refractivity contribution in [2.24, 2.45) is 5.92 Å². The van der Waals surface area contributed by atoms with Gasteiger partial charge in [0, 0.05) is 31.5 Å². The zero-order valence-corrected chi connectivity index (χ0v) is 19.5. The molecule has 1 aromatic carbocycles. The smallest absolute Gasteiger partial charge is 0.225 e. The molecular formula is C24H34N4O4. The number of carbonyl (C=O) groups is 1. The number of hydrogen-bond donors (Lipinski definition) is 1. The van der Waals surface area contributed by atoms with Crippen LogP contribution < -0.4 is 24.4 Å². The second kappa shape index (κ2) is 11.5. The van der Waals surface area contributed by atoms with Crippen LogP contribution in [-0.2, 0) is 11.3 Å². The first-order valence-electron chi connectivity index (χ1n) is 11.4. The van der Waals surface area contributed by atoms with E-state index >= 15 is 0 Å². The lowest BCUT2D eigenvalue weighted by atomic mass is 9.97. The summed E-state index contributed by atoms with van der Waals surface area (Å²) in [6.07, 6.45) is 3.55. The van der Waals surface area contributed by atoms with E-state index in [2.05, 4.69) is 20.2 Å². The fraction of sp³-hybridized carbons (Fsp3) is 0.542. The Morgan fingerprint density at radius 3 is 2.44 bits per heavy atom. The van der Waals surface area contributed by atoms with E-state index in [-0.39, 0.29) is 11.8 Å². The van der Waals surface area contributed by atoms with Crippen molar-refractivity contribution in [3.05, 3.63) is 35.7 Å². The molecule has 0 aliphatic carbocycles. The van der Waals surface area contributed by atoms with Gasteiger partial charge in [-0.15, -0.1) is 0 Å². The SMILES string of the molecule is CCOc1cc(CNC(=O)[C@@H]2CCCN(c3nccc(C)n3)C2)cc(OCC)c1OCC. The summed E-state index contributed by atoms with van der Waals surface area (Å²) in [4.78, 5) is 23.9. The largest absolute Gasteiger partial charge is 0.490 e. The molecule has 1 atom stereocenters. The standard InChI is InChI=1S/C24H34N4O4/c1-5-30-20-13-18(14-21(31-6-2)22(20)32-7-3)15-26-23(29)19-9-8-12-28(16-19)24-25-11-10-17(4)27-24/h10-11,13-14,19H,5-9,12,15-16H2,1-4H3,(H,26,29)/t19-/m1/s1. The Balaban J connectivity index is 1.68. The fourth-order valence-corrected chi connectivity index (χ4v) is 3.84. The van der Waals surface area contributed by atoms with Gasteiger partial charge in [-0.05, 0) is 64.3 Å². The van der Waals surface area contributed by atoms with Gasteiger partial charge in [-0.1, -0.05) is 0 Å². The number of nitrogens with one attached hydrogen (secondary N) is 1. The number of nitrogens with zero attached hydrogens (tertiary/aromatic N) is 3. The quantitative estimate of drug-likeness (QED) is 0.603. The van der Waals surface area contributed by atoms with Crippen molar-refractivity contribution in [3.8, 4) is 17.2 Å². The molecule has 1 aliphatic rings. The molecule has 1 amide bonds. The molecule has 8 nitrogen and oxygen atoms in total. The van der Waals surface area contributed by atoms with Gasteiger partial charge in [-0.2, -0.15) is 0 Å². The molecular weight excluding hydrogens is 408 g/mol. The maximum atomic E-state index is 12.9. The highest BCUT2D eigenvalue weighted by Gasteiger charge is 2.27. The zero-order valence-electron chi connectivity index (χ0n) is 19.5. The van der Waals surface area contributed by atoms with E-state index in [9.17, 15) is 4.79 Å². The molecule has 0 unspecified atom stereocenters. The number of hydrogen-bond acceptors (Lipinski definition) is 7. The first-order valence-corrected chi connectivity index (χ1v) is 11.4. The van der Waals surface area contributed by atoms with E-state index in [1.807, 2.05) is 45.9 Å². The summed E-state index contributed by atoms with van der Waals surface area (Å²) >= 11 is 0. The number of aryl methyl sites for hydroxylation is 1. The molecule has 1 N–H and O–H groups in total. The van der Waals surface area contributed by atoms with Crippen LogP contribution in [0.15, 0.2) is 24.4 Å². The first kappa shape index (κ1) is 23.6. The van der Waals surface area contributed by atoms with Crippen molar-refractivity contribution in [2.45, 2.75) is 47.1 Å². The van der Waals surface area contributed by atoms with Gasteiger partial charge in [0.15, 0.2) is 11.5 Å². The van der Waals surface area contributed by atoms with Crippen LogP contribution in [0.2, 0.25) is 0 Å². The lowest BCUT2D eigenvalue weighted by Gasteiger charge is -2.32. The van der Waals surface area contributed by atoms with E-state index in [0.29, 0.717) is 56.1 Å². The van der Waals surface area contributed by atoms with Crippen LogP contribution in [0.1, 0.15) is 44.9 Å². The summed E-state index contributed by atoms with van der Waals surface area (Å²) in [5, 5.41) is 3.08. The Bertz CT molecular complexity index is 878. The average Bonchev–Trinajstić information content (AvgIpc) is 2.80. The molecule has 3 rings (SSSR count). The predicted octanol–water partition coefficient (Wildman–Crippen LogP) is 3.51. The van der Waals surface area contributed by atoms with Crippen molar-refractivity contribution >= 4 is 11.9 Å². The lowest BCUT2D eigenvalue weighted by Crippen LogP contribution is -2.43. The molecule has 1 aliphatic heterocycles. The highest BCUT2D eigenvalue weighted by atomic mass is 16.5. The maximum Gasteiger partial charge on any atom is 0.225 e. The summed E-state index contributed by atoms with van der Waals surface area (Å²) in [7, 11) is 0. The van der Waals surface area contributed by atoms with Gasteiger partial charge in [0.05, 0.1) is 25.7 Å². The van der Waals surface area contributed by atoms with E-state index in [1.54, 1.807) is 6.20 Å². The molecule has 174 valence electrons. The zero-order chi connectivity index (χ0) is 22.9. The number of carbonyl (C=O) groups excluding carboxylic acids is 1. The molecule has 0 spiro atoms. The van der Waals surface area contributed by atoms with Gasteiger partial charge in [-0.25, -0.2) is 9.97 Å². The molecule has 1 saturated heterocycles. The van der Waals surface area contributed by atoms with Crippen LogP contribution >= 0.6 is 0 Å². The maximum absolute atomic E-state index is 12.9. The first-order chi connectivity index (χ1) is 15.5. The van der Waals surface area contributed by atoms with Crippen LogP contribution in [0, 0.1) is 12.8 Å². The summed E-state index contributed by atoms with van der Waals surface area (Å²) in [5.74, 6) is 2.49. The Morgan fingerprint density at radius 1 is 1.12 bits per heavy atom. The molecule has 2 heterocycles. The number of rotatable bonds is 10. The van der Waals surface area contributed by atoms with Crippen molar-refractivity contribution in [1.29, 1.82) is 0 Å². The molecule has 0 bridgehead atoms. The number of piperidine rings is 1. The van der Waals surface area contributed by atoms with Gasteiger partial charge in [0.2, 0.25) is 17.6 Å². The topological polar surface area (TPSA) is 85.8 Å². The minimum atomic E-state index is -0.103. The van der Waals surface area contributed by atoms with Crippen molar-refractivity contribution < 1.29 is 19.0 Å². The van der Waals surface area contributed by atoms with Gasteiger partial charge < -0.3 is 24.4 Å². The fourth-order valence-electron chi connectivity index (χ4n) is 3.84. The Morgan fingerprint density at radius 2 is 1.81 bits per heavy atom. The Kier molecular flexibility index (Phi) is 8.53. The monoisotopic (exact) mass is 442 g/mol. The number of aromatic nitrogens is 2. The molecule has 0 radical (unpaired) electrons. The third-order valence-electron chi connectivity index (χ3n) is 5.29. The predicted molar refractivity (Wildman–Crippen MR) is 124 cm³/mol. The van der Waals surface area contributed by atoms with Crippen LogP contribution in [0.5, 0.6) is 17.2 Å². The molecule has 1 fully saturated rings. The third-order valence-corrected chi connectivity index (χ3v) is 5.29. The average molecular weight is 443 g/mol. The van der Waals surface area contributed by atoms with Gasteiger partial charge in [0.25, 0.3) is 0 Å². The lowest BCUT2D eigenvalue weighted by molar-refractivity contribution is -0.125. The third kappa shape index (κ3) is 6.02. The Labute approximate surface area is 190 Å². The molecule has 0 saturated carbocycles. The normalized spacial score (nSPS) is 15.9. The van der Waals surface area contributed by atoms with Crippen molar-refractivity contribution in [3.63, 3.8) is 0 Å². The number of ether oxygens (including phenoxy) is 3. The molecule has 32 heavy (non-hydrogen) atoms. The highest BCUT2D eigenvalue weighted by molar-refractivity contribution is 5.79. The number of amides is 1. The Hall–Kier alpha value is -3.03. The van der Waals surface area contributed by atoms with Gasteiger partial charge in [0.1, 0.15) is 0 Å². The van der Waals surface area contributed by atoms with Crippen LogP contribution in [0.4, 0.5) is 5.95 Å². The summed E-state index contributed by atoms with van der Waals surface area (Å²) < 4.78 is 17.3. The number of benzene rings is 1. The van der Waals surface area contributed by atoms with Crippen LogP contribution in [-0.4, -0.2) is 48.8 Å². The van der Waals surface area contributed by atoms with Crippen LogP contribution in [0.25, 0.3) is 0 Å². The van der Waals surface area contributed by atoms with Crippen LogP contribution in [0.3, 0.4) is 0 Å². The van der Waals surface area contributed by atoms with E-state index in [1.165, 1.54) is 0 Å². The highest BCUT2D eigenvalue weighted by Crippen LogP contribution is 2.39. The second-order valence-corrected chi connectivity index (χ2v) is 7.72. The van der Waals surface area contributed by atoms with E-state index in [0.717, 1.165) is 30.6 Å². The molecule has 2 aromatic rings. The van der Waals surface area contributed by atoms with Gasteiger partial charge in [-0.3, -0.25) is 4.79 Å². The summed E-state index contributed by atoms with van der Waals surface area (Å²) in [6.45, 7) is 11.1. The molecule has 1 aromatic heterocycles. The minimum Gasteiger partial charge on any atom is -0.490 e. The van der Waals surface area contributed by atoms with E-state index < -0.39 is 0 Å². The summed E-state index contributed by atoms with van der Waals surface area (Å²) in [5.41, 5.74) is 1.83. The van der Waals surface area contributed by atoms with Crippen molar-refractivity contribution in [1.82, 2.24) is 15.3 Å². The van der Waals surface area contributed by atoms with Gasteiger partial charge >= 0.3 is 0 Å². The van der Waals surface area contributed by atoms with E-state index in [4.69, 9.17) is 14.2 Å². The van der Waals surface area contributed by atoms with Crippen molar-refractivity contribution in [2.75, 3.05) is 37.8 Å².